The minimum absolute atomic E-state index is 0.120. The summed E-state index contributed by atoms with van der Waals surface area (Å²) in [6, 6.07) is 2.99. The van der Waals surface area contributed by atoms with Gasteiger partial charge in [0.1, 0.15) is 17.1 Å². The van der Waals surface area contributed by atoms with Gasteiger partial charge < -0.3 is 15.4 Å². The molecule has 0 bridgehead atoms. The van der Waals surface area contributed by atoms with Crippen LogP contribution in [0.5, 0.6) is 0 Å². The molecule has 2 amide bonds. The van der Waals surface area contributed by atoms with Gasteiger partial charge in [-0.15, -0.1) is 0 Å². The molecule has 10 heteroatoms. The Morgan fingerprint density at radius 3 is 2.60 bits per heavy atom. The fourth-order valence-electron chi connectivity index (χ4n) is 3.60. The number of nitrogens with two attached hydrogens (primary N) is 1. The number of halogens is 1. The van der Waals surface area contributed by atoms with Gasteiger partial charge in [0, 0.05) is 25.4 Å². The SMILES string of the molecule is Cn1cc2c(F)cc(-c3nn4c(c3C(N)=O)CN(C(=O)OC(C)(C)C)CC4)cc2n1. The van der Waals surface area contributed by atoms with Crippen molar-refractivity contribution in [2.24, 2.45) is 12.8 Å². The normalized spacial score (nSPS) is 14.1. The van der Waals surface area contributed by atoms with Crippen LogP contribution in [0.1, 0.15) is 36.8 Å². The number of ether oxygens (including phenoxy) is 1. The fraction of sp³-hybridized carbons (Fsp3) is 0.400. The first-order chi connectivity index (χ1) is 14.0. The second kappa shape index (κ2) is 6.82. The van der Waals surface area contributed by atoms with Crippen molar-refractivity contribution in [1.29, 1.82) is 0 Å². The number of hydrogen-bond donors (Lipinski definition) is 1. The summed E-state index contributed by atoms with van der Waals surface area (Å²) in [6.45, 7) is 6.21. The van der Waals surface area contributed by atoms with E-state index in [2.05, 4.69) is 10.2 Å². The lowest BCUT2D eigenvalue weighted by molar-refractivity contribution is 0.0193. The maximum absolute atomic E-state index is 14.6. The Labute approximate surface area is 172 Å². The summed E-state index contributed by atoms with van der Waals surface area (Å²) in [6.07, 6.45) is 1.10. The molecular formula is C20H23FN6O3. The number of carbonyl (C=O) groups is 2. The number of aromatic nitrogens is 4. The number of benzene rings is 1. The van der Waals surface area contributed by atoms with E-state index in [-0.39, 0.29) is 17.8 Å². The van der Waals surface area contributed by atoms with E-state index >= 15 is 0 Å². The van der Waals surface area contributed by atoms with Crippen LogP contribution >= 0.6 is 0 Å². The first-order valence-electron chi connectivity index (χ1n) is 9.54. The predicted octanol–water partition coefficient (Wildman–Crippen LogP) is 2.43. The average Bonchev–Trinajstić information content (AvgIpc) is 3.19. The molecule has 0 atom stereocenters. The van der Waals surface area contributed by atoms with Gasteiger partial charge in [0.05, 0.1) is 35.2 Å². The molecule has 1 aromatic carbocycles. The van der Waals surface area contributed by atoms with Crippen LogP contribution in [0.25, 0.3) is 22.2 Å². The van der Waals surface area contributed by atoms with Gasteiger partial charge >= 0.3 is 6.09 Å². The zero-order valence-electron chi connectivity index (χ0n) is 17.3. The highest BCUT2D eigenvalue weighted by Crippen LogP contribution is 2.31. The van der Waals surface area contributed by atoms with Crippen LogP contribution in [-0.2, 0) is 24.9 Å². The molecule has 3 heterocycles. The number of amides is 2. The van der Waals surface area contributed by atoms with Gasteiger partial charge in [-0.2, -0.15) is 10.2 Å². The molecule has 0 unspecified atom stereocenters. The minimum Gasteiger partial charge on any atom is -0.444 e. The number of hydrogen-bond acceptors (Lipinski definition) is 5. The highest BCUT2D eigenvalue weighted by Gasteiger charge is 2.32. The number of nitrogens with zero attached hydrogens (tertiary/aromatic N) is 5. The van der Waals surface area contributed by atoms with E-state index < -0.39 is 23.4 Å². The highest BCUT2D eigenvalue weighted by molar-refractivity contribution is 6.01. The quantitative estimate of drug-likeness (QED) is 0.693. The van der Waals surface area contributed by atoms with Crippen molar-refractivity contribution < 1.29 is 18.7 Å². The van der Waals surface area contributed by atoms with Gasteiger partial charge in [0.25, 0.3) is 5.91 Å². The third-order valence-corrected chi connectivity index (χ3v) is 4.84. The Balaban J connectivity index is 1.76. The van der Waals surface area contributed by atoms with Gasteiger partial charge in [0.2, 0.25) is 0 Å². The summed E-state index contributed by atoms with van der Waals surface area (Å²) in [5.74, 6) is -1.16. The number of carbonyl (C=O) groups excluding carboxylic acids is 2. The van der Waals surface area contributed by atoms with E-state index in [4.69, 9.17) is 10.5 Å². The van der Waals surface area contributed by atoms with Crippen LogP contribution in [0.3, 0.4) is 0 Å². The van der Waals surface area contributed by atoms with E-state index in [1.54, 1.807) is 44.8 Å². The molecule has 30 heavy (non-hydrogen) atoms. The molecule has 0 saturated heterocycles. The molecule has 0 fully saturated rings. The maximum atomic E-state index is 14.6. The van der Waals surface area contributed by atoms with Crippen molar-refractivity contribution >= 4 is 22.9 Å². The molecule has 0 aliphatic carbocycles. The Bertz CT molecular complexity index is 1170. The van der Waals surface area contributed by atoms with Crippen molar-refractivity contribution in [2.45, 2.75) is 39.5 Å². The molecule has 0 radical (unpaired) electrons. The van der Waals surface area contributed by atoms with Crippen molar-refractivity contribution in [3.05, 3.63) is 35.4 Å². The van der Waals surface area contributed by atoms with Crippen molar-refractivity contribution in [1.82, 2.24) is 24.5 Å². The fourth-order valence-corrected chi connectivity index (χ4v) is 3.60. The van der Waals surface area contributed by atoms with Gasteiger partial charge in [-0.3, -0.25) is 14.2 Å². The zero-order chi connectivity index (χ0) is 21.8. The Morgan fingerprint density at radius 1 is 1.20 bits per heavy atom. The second-order valence-corrected chi connectivity index (χ2v) is 8.35. The average molecular weight is 414 g/mol. The van der Waals surface area contributed by atoms with Crippen LogP contribution in [-0.4, -0.2) is 48.6 Å². The summed E-state index contributed by atoms with van der Waals surface area (Å²) in [4.78, 5) is 26.3. The van der Waals surface area contributed by atoms with E-state index in [9.17, 15) is 14.0 Å². The first kappa shape index (κ1) is 19.9. The molecule has 2 aromatic heterocycles. The monoisotopic (exact) mass is 414 g/mol. The van der Waals surface area contributed by atoms with E-state index in [1.807, 2.05) is 0 Å². The van der Waals surface area contributed by atoms with E-state index in [1.165, 1.54) is 15.6 Å². The lowest BCUT2D eigenvalue weighted by Crippen LogP contribution is -2.42. The summed E-state index contributed by atoms with van der Waals surface area (Å²) >= 11 is 0. The smallest absolute Gasteiger partial charge is 0.410 e. The summed E-state index contributed by atoms with van der Waals surface area (Å²) in [7, 11) is 1.70. The number of aryl methyl sites for hydroxylation is 1. The van der Waals surface area contributed by atoms with Gasteiger partial charge in [-0.25, -0.2) is 9.18 Å². The highest BCUT2D eigenvalue weighted by atomic mass is 19.1. The molecule has 0 spiro atoms. The second-order valence-electron chi connectivity index (χ2n) is 8.35. The third kappa shape index (κ3) is 3.49. The molecular weight excluding hydrogens is 391 g/mol. The van der Waals surface area contributed by atoms with Crippen LogP contribution in [0.15, 0.2) is 18.3 Å². The number of rotatable bonds is 2. The van der Waals surface area contributed by atoms with E-state index in [0.29, 0.717) is 35.2 Å². The lowest BCUT2D eigenvalue weighted by atomic mass is 10.0. The molecule has 4 rings (SSSR count). The molecule has 1 aliphatic heterocycles. The minimum atomic E-state index is -0.696. The molecule has 9 nitrogen and oxygen atoms in total. The van der Waals surface area contributed by atoms with Crippen LogP contribution < -0.4 is 5.73 Å². The third-order valence-electron chi connectivity index (χ3n) is 4.84. The summed E-state index contributed by atoms with van der Waals surface area (Å²) in [5, 5.41) is 9.12. The Hall–Kier alpha value is -3.43. The molecule has 2 N–H and O–H groups in total. The summed E-state index contributed by atoms with van der Waals surface area (Å²) in [5.41, 5.74) is 6.81. The maximum Gasteiger partial charge on any atom is 0.410 e. The first-order valence-corrected chi connectivity index (χ1v) is 9.54. The molecule has 3 aromatic rings. The van der Waals surface area contributed by atoms with Gasteiger partial charge in [-0.1, -0.05) is 0 Å². The standard InChI is InChI=1S/C20H23FN6O3/c1-20(2,3)30-19(29)26-5-6-27-15(10-26)16(18(22)28)17(24-27)11-7-13(21)12-9-25(4)23-14(12)8-11/h7-9H,5-6,10H2,1-4H3,(H2,22,28). The molecule has 1 aliphatic rings. The molecule has 158 valence electrons. The van der Waals surface area contributed by atoms with Crippen molar-refractivity contribution in [3.8, 4) is 11.3 Å². The van der Waals surface area contributed by atoms with Crippen LogP contribution in [0.4, 0.5) is 9.18 Å². The predicted molar refractivity (Wildman–Crippen MR) is 107 cm³/mol. The van der Waals surface area contributed by atoms with E-state index in [0.717, 1.165) is 0 Å². The van der Waals surface area contributed by atoms with Gasteiger partial charge in [-0.05, 0) is 32.9 Å². The zero-order valence-corrected chi connectivity index (χ0v) is 17.3. The number of fused-ring (bicyclic) bond motifs is 2. The van der Waals surface area contributed by atoms with Crippen LogP contribution in [0, 0.1) is 5.82 Å². The Kier molecular flexibility index (Phi) is 4.52. The topological polar surface area (TPSA) is 108 Å². The Morgan fingerprint density at radius 2 is 1.93 bits per heavy atom. The van der Waals surface area contributed by atoms with Gasteiger partial charge in [0.15, 0.2) is 0 Å². The van der Waals surface area contributed by atoms with Crippen molar-refractivity contribution in [3.63, 3.8) is 0 Å². The largest absolute Gasteiger partial charge is 0.444 e. The lowest BCUT2D eigenvalue weighted by Gasteiger charge is -2.30. The van der Waals surface area contributed by atoms with Crippen molar-refractivity contribution in [2.75, 3.05) is 6.54 Å². The van der Waals surface area contributed by atoms with Crippen LogP contribution in [0.2, 0.25) is 0 Å². The molecule has 0 saturated carbocycles. The number of primary amides is 1. The summed E-state index contributed by atoms with van der Waals surface area (Å²) < 4.78 is 23.2.